The zero-order valence-electron chi connectivity index (χ0n) is 11.0. The third-order valence-electron chi connectivity index (χ3n) is 2.45. The van der Waals surface area contributed by atoms with Crippen molar-refractivity contribution in [1.29, 1.82) is 0 Å². The van der Waals surface area contributed by atoms with Gasteiger partial charge in [-0.1, -0.05) is 12.1 Å². The lowest BCUT2D eigenvalue weighted by Gasteiger charge is -2.11. The van der Waals surface area contributed by atoms with Crippen LogP contribution < -0.4 is 20.1 Å². The lowest BCUT2D eigenvalue weighted by Crippen LogP contribution is -2.32. The highest BCUT2D eigenvalue weighted by Crippen LogP contribution is 2.25. The average molecular weight is 273 g/mol. The molecule has 1 heterocycles. The maximum atomic E-state index is 11.6. The van der Waals surface area contributed by atoms with Gasteiger partial charge in [0.05, 0.1) is 19.0 Å². The van der Waals surface area contributed by atoms with Crippen LogP contribution in [0.4, 0.5) is 10.5 Å². The first-order valence-electron chi connectivity index (χ1n) is 6.00. The molecule has 0 aliphatic carbocycles. The number of nitrogens with zero attached hydrogens (tertiary/aromatic N) is 1. The Morgan fingerprint density at radius 1 is 1.20 bits per heavy atom. The van der Waals surface area contributed by atoms with Crippen LogP contribution in [0.2, 0.25) is 0 Å². The first-order chi connectivity index (χ1) is 9.79. The Balaban J connectivity index is 1.79. The van der Waals surface area contributed by atoms with E-state index in [0.717, 1.165) is 0 Å². The molecule has 6 heteroatoms. The minimum atomic E-state index is -0.368. The number of benzene rings is 1. The van der Waals surface area contributed by atoms with E-state index in [2.05, 4.69) is 15.6 Å². The summed E-state index contributed by atoms with van der Waals surface area (Å²) in [5, 5.41) is 5.21. The molecule has 0 radical (unpaired) electrons. The standard InChI is InChI=1S/C14H15N3O3/c1-19-12-6-2-3-7-13(12)20-10-16-14(18)17-11-5-4-8-15-9-11/h2-9H,10H2,1H3,(H2,16,17,18). The maximum absolute atomic E-state index is 11.6. The molecule has 0 atom stereocenters. The predicted molar refractivity (Wildman–Crippen MR) is 74.9 cm³/mol. The van der Waals surface area contributed by atoms with Gasteiger partial charge in [-0.15, -0.1) is 0 Å². The van der Waals surface area contributed by atoms with Crippen LogP contribution in [0.3, 0.4) is 0 Å². The monoisotopic (exact) mass is 273 g/mol. The lowest BCUT2D eigenvalue weighted by molar-refractivity contribution is 0.231. The number of para-hydroxylation sites is 2. The van der Waals surface area contributed by atoms with Crippen LogP contribution in [0.15, 0.2) is 48.8 Å². The number of rotatable bonds is 5. The normalized spacial score (nSPS) is 9.65. The van der Waals surface area contributed by atoms with E-state index in [0.29, 0.717) is 17.2 Å². The molecule has 0 saturated heterocycles. The van der Waals surface area contributed by atoms with E-state index < -0.39 is 0 Å². The summed E-state index contributed by atoms with van der Waals surface area (Å²) in [4.78, 5) is 15.5. The van der Waals surface area contributed by atoms with Crippen molar-refractivity contribution in [2.75, 3.05) is 19.2 Å². The van der Waals surface area contributed by atoms with E-state index >= 15 is 0 Å². The number of hydrogen-bond donors (Lipinski definition) is 2. The van der Waals surface area contributed by atoms with Gasteiger partial charge >= 0.3 is 6.03 Å². The van der Waals surface area contributed by atoms with Crippen molar-refractivity contribution >= 4 is 11.7 Å². The second-order valence-electron chi connectivity index (χ2n) is 3.81. The smallest absolute Gasteiger partial charge is 0.321 e. The van der Waals surface area contributed by atoms with Gasteiger partial charge in [-0.3, -0.25) is 4.98 Å². The van der Waals surface area contributed by atoms with Crippen LogP contribution in [0.1, 0.15) is 0 Å². The molecule has 2 rings (SSSR count). The summed E-state index contributed by atoms with van der Waals surface area (Å²) >= 11 is 0. The highest BCUT2D eigenvalue weighted by atomic mass is 16.5. The van der Waals surface area contributed by atoms with Gasteiger partial charge in [0.2, 0.25) is 0 Å². The van der Waals surface area contributed by atoms with Gasteiger partial charge in [0.25, 0.3) is 0 Å². The number of urea groups is 1. The molecule has 0 saturated carbocycles. The van der Waals surface area contributed by atoms with E-state index in [4.69, 9.17) is 9.47 Å². The van der Waals surface area contributed by atoms with Gasteiger partial charge in [-0.05, 0) is 24.3 Å². The first kappa shape index (κ1) is 13.7. The number of amides is 2. The molecule has 0 spiro atoms. The van der Waals surface area contributed by atoms with Gasteiger partial charge in [0.15, 0.2) is 18.2 Å². The van der Waals surface area contributed by atoms with Gasteiger partial charge < -0.3 is 20.1 Å². The molecule has 6 nitrogen and oxygen atoms in total. The first-order valence-corrected chi connectivity index (χ1v) is 6.00. The Morgan fingerprint density at radius 2 is 2.00 bits per heavy atom. The fourth-order valence-corrected chi connectivity index (χ4v) is 1.53. The second kappa shape index (κ2) is 6.98. The third-order valence-corrected chi connectivity index (χ3v) is 2.45. The van der Waals surface area contributed by atoms with Crippen LogP contribution in [0, 0.1) is 0 Å². The molecule has 104 valence electrons. The molecule has 1 aromatic heterocycles. The number of anilines is 1. The van der Waals surface area contributed by atoms with Crippen molar-refractivity contribution in [3.63, 3.8) is 0 Å². The fourth-order valence-electron chi connectivity index (χ4n) is 1.53. The number of methoxy groups -OCH3 is 1. The zero-order chi connectivity index (χ0) is 14.2. The Hall–Kier alpha value is -2.76. The topological polar surface area (TPSA) is 72.5 Å². The van der Waals surface area contributed by atoms with E-state index in [1.165, 1.54) is 0 Å². The van der Waals surface area contributed by atoms with E-state index in [1.807, 2.05) is 12.1 Å². The van der Waals surface area contributed by atoms with Crippen molar-refractivity contribution < 1.29 is 14.3 Å². The summed E-state index contributed by atoms with van der Waals surface area (Å²) in [6.07, 6.45) is 3.19. The third kappa shape index (κ3) is 3.88. The summed E-state index contributed by atoms with van der Waals surface area (Å²) in [7, 11) is 1.56. The van der Waals surface area contributed by atoms with E-state index in [-0.39, 0.29) is 12.8 Å². The summed E-state index contributed by atoms with van der Waals surface area (Å²) < 4.78 is 10.6. The number of hydrogen-bond acceptors (Lipinski definition) is 4. The molecule has 0 unspecified atom stereocenters. The zero-order valence-corrected chi connectivity index (χ0v) is 11.0. The summed E-state index contributed by atoms with van der Waals surface area (Å²) in [6, 6.07) is 10.3. The SMILES string of the molecule is COc1ccccc1OCNC(=O)Nc1cccnc1. The molecule has 0 bridgehead atoms. The number of carbonyl (C=O) groups excluding carboxylic acids is 1. The van der Waals surface area contributed by atoms with Gasteiger partial charge in [0.1, 0.15) is 0 Å². The largest absolute Gasteiger partial charge is 0.493 e. The van der Waals surface area contributed by atoms with Crippen molar-refractivity contribution in [2.24, 2.45) is 0 Å². The van der Waals surface area contributed by atoms with Crippen LogP contribution in [0.25, 0.3) is 0 Å². The Morgan fingerprint density at radius 3 is 2.70 bits per heavy atom. The minimum Gasteiger partial charge on any atom is -0.493 e. The van der Waals surface area contributed by atoms with Crippen molar-refractivity contribution in [2.45, 2.75) is 0 Å². The number of pyridine rings is 1. The van der Waals surface area contributed by atoms with Gasteiger partial charge in [0, 0.05) is 6.20 Å². The van der Waals surface area contributed by atoms with Crippen LogP contribution >= 0.6 is 0 Å². The highest BCUT2D eigenvalue weighted by Gasteiger charge is 2.04. The number of carbonyl (C=O) groups is 1. The quantitative estimate of drug-likeness (QED) is 0.819. The highest BCUT2D eigenvalue weighted by molar-refractivity contribution is 5.88. The average Bonchev–Trinajstić information content (AvgIpc) is 2.49. The molecule has 20 heavy (non-hydrogen) atoms. The molecular weight excluding hydrogens is 258 g/mol. The summed E-state index contributed by atoms with van der Waals surface area (Å²) in [5.41, 5.74) is 0.613. The number of aromatic nitrogens is 1. The minimum absolute atomic E-state index is 0.0342. The lowest BCUT2D eigenvalue weighted by atomic mass is 10.3. The van der Waals surface area contributed by atoms with Crippen molar-refractivity contribution in [3.05, 3.63) is 48.8 Å². The van der Waals surface area contributed by atoms with Crippen molar-refractivity contribution in [3.8, 4) is 11.5 Å². The van der Waals surface area contributed by atoms with Crippen LogP contribution in [0.5, 0.6) is 11.5 Å². The Bertz CT molecular complexity index is 561. The molecule has 2 amide bonds. The van der Waals surface area contributed by atoms with Gasteiger partial charge in [-0.2, -0.15) is 0 Å². The fraction of sp³-hybridized carbons (Fsp3) is 0.143. The number of nitrogens with one attached hydrogen (secondary N) is 2. The predicted octanol–water partition coefficient (Wildman–Crippen LogP) is 2.25. The molecule has 1 aromatic carbocycles. The Labute approximate surface area is 116 Å². The maximum Gasteiger partial charge on any atom is 0.321 e. The molecule has 2 aromatic rings. The van der Waals surface area contributed by atoms with E-state index in [1.54, 1.807) is 43.8 Å². The molecule has 0 aliphatic rings. The van der Waals surface area contributed by atoms with E-state index in [9.17, 15) is 4.79 Å². The summed E-state index contributed by atoms with van der Waals surface area (Å²) in [6.45, 7) is 0.0342. The van der Waals surface area contributed by atoms with Gasteiger partial charge in [-0.25, -0.2) is 4.79 Å². The number of ether oxygens (including phenoxy) is 2. The van der Waals surface area contributed by atoms with Crippen molar-refractivity contribution in [1.82, 2.24) is 10.3 Å². The molecule has 0 aliphatic heterocycles. The Kier molecular flexibility index (Phi) is 4.77. The summed E-state index contributed by atoms with van der Waals surface area (Å²) in [5.74, 6) is 1.18. The second-order valence-corrected chi connectivity index (χ2v) is 3.81. The molecular formula is C14H15N3O3. The molecule has 0 fully saturated rings. The van der Waals surface area contributed by atoms with Crippen LogP contribution in [-0.2, 0) is 0 Å². The molecule has 2 N–H and O–H groups in total. The van der Waals surface area contributed by atoms with Crippen LogP contribution in [-0.4, -0.2) is 24.9 Å².